The zero-order valence-electron chi connectivity index (χ0n) is 15.1. The van der Waals surface area contributed by atoms with E-state index in [-0.39, 0.29) is 25.5 Å². The minimum Gasteiger partial charge on any atom is -0.335 e. The van der Waals surface area contributed by atoms with E-state index in [2.05, 4.69) is 0 Å². The zero-order chi connectivity index (χ0) is 19.7. The Hall–Kier alpha value is -2.83. The number of carbonyl (C=O) groups is 2. The third-order valence-electron chi connectivity index (χ3n) is 4.53. The van der Waals surface area contributed by atoms with Gasteiger partial charge in [-0.25, -0.2) is 13.2 Å². The topological polar surface area (TPSA) is 40.6 Å². The summed E-state index contributed by atoms with van der Waals surface area (Å²) >= 11 is 0. The first-order valence-corrected chi connectivity index (χ1v) is 8.54. The first-order valence-electron chi connectivity index (χ1n) is 8.54. The lowest BCUT2D eigenvalue weighted by Gasteiger charge is -2.34. The predicted molar refractivity (Wildman–Crippen MR) is 93.6 cm³/mol. The lowest BCUT2D eigenvalue weighted by Crippen LogP contribution is -2.52. The van der Waals surface area contributed by atoms with Gasteiger partial charge in [0.25, 0.3) is 5.91 Å². The number of halogens is 3. The van der Waals surface area contributed by atoms with Crippen molar-refractivity contribution >= 4 is 11.8 Å². The molecule has 0 atom stereocenters. The summed E-state index contributed by atoms with van der Waals surface area (Å²) in [6.07, 6.45) is 0. The van der Waals surface area contributed by atoms with Crippen molar-refractivity contribution in [2.24, 2.45) is 0 Å². The molecule has 0 bridgehead atoms. The van der Waals surface area contributed by atoms with Crippen molar-refractivity contribution in [2.45, 2.75) is 20.4 Å². The molecule has 4 nitrogen and oxygen atoms in total. The van der Waals surface area contributed by atoms with Crippen molar-refractivity contribution in [3.05, 3.63) is 70.0 Å². The number of hydrogen-bond acceptors (Lipinski definition) is 2. The minimum atomic E-state index is -1.69. The van der Waals surface area contributed by atoms with Crippen molar-refractivity contribution in [2.75, 3.05) is 19.6 Å². The molecule has 0 aromatic heterocycles. The third kappa shape index (κ3) is 3.97. The first-order chi connectivity index (χ1) is 12.8. The van der Waals surface area contributed by atoms with E-state index in [0.29, 0.717) is 12.6 Å². The highest BCUT2D eigenvalue weighted by molar-refractivity contribution is 5.97. The van der Waals surface area contributed by atoms with Crippen LogP contribution in [-0.2, 0) is 11.3 Å². The molecule has 2 aromatic carbocycles. The third-order valence-corrected chi connectivity index (χ3v) is 4.53. The number of carbonyl (C=O) groups excluding carboxylic acids is 2. The number of piperazine rings is 1. The summed E-state index contributed by atoms with van der Waals surface area (Å²) < 4.78 is 40.3. The molecule has 0 aliphatic carbocycles. The SMILES string of the molecule is Cc1cc(C)cc(CN2CCN(C(=O)c3ccc(F)c(F)c3F)CC2=O)c1. The van der Waals surface area contributed by atoms with Gasteiger partial charge in [0, 0.05) is 19.6 Å². The average Bonchev–Trinajstić information content (AvgIpc) is 2.60. The average molecular weight is 376 g/mol. The van der Waals surface area contributed by atoms with Crippen LogP contribution < -0.4 is 0 Å². The standard InChI is InChI=1S/C20H19F3N2O2/c1-12-7-13(2)9-14(8-12)10-24-5-6-25(11-17(24)26)20(27)15-3-4-16(21)19(23)18(15)22/h3-4,7-9H,5-6,10-11H2,1-2H3. The van der Waals surface area contributed by atoms with Gasteiger partial charge >= 0.3 is 0 Å². The number of amides is 2. The molecule has 2 amide bonds. The van der Waals surface area contributed by atoms with Crippen LogP contribution in [0.5, 0.6) is 0 Å². The molecule has 2 aromatic rings. The Morgan fingerprint density at radius 3 is 2.30 bits per heavy atom. The van der Waals surface area contributed by atoms with E-state index in [9.17, 15) is 22.8 Å². The van der Waals surface area contributed by atoms with Gasteiger partial charge in [-0.3, -0.25) is 9.59 Å². The zero-order valence-corrected chi connectivity index (χ0v) is 15.1. The van der Waals surface area contributed by atoms with Crippen LogP contribution in [0.2, 0.25) is 0 Å². The lowest BCUT2D eigenvalue weighted by atomic mass is 10.1. The molecule has 27 heavy (non-hydrogen) atoms. The predicted octanol–water partition coefficient (Wildman–Crippen LogP) is 3.21. The number of nitrogens with zero attached hydrogens (tertiary/aromatic N) is 2. The fourth-order valence-corrected chi connectivity index (χ4v) is 3.29. The van der Waals surface area contributed by atoms with Crippen molar-refractivity contribution in [1.29, 1.82) is 0 Å². The van der Waals surface area contributed by atoms with E-state index in [1.165, 1.54) is 0 Å². The number of benzene rings is 2. The number of aryl methyl sites for hydroxylation is 2. The summed E-state index contributed by atoms with van der Waals surface area (Å²) in [6, 6.07) is 7.62. The van der Waals surface area contributed by atoms with Crippen LogP contribution in [0.25, 0.3) is 0 Å². The maximum Gasteiger partial charge on any atom is 0.257 e. The van der Waals surface area contributed by atoms with Gasteiger partial charge in [0.2, 0.25) is 5.91 Å². The van der Waals surface area contributed by atoms with Crippen LogP contribution in [0, 0.1) is 31.3 Å². The second-order valence-corrected chi connectivity index (χ2v) is 6.76. The lowest BCUT2D eigenvalue weighted by molar-refractivity contribution is -0.135. The normalized spacial score (nSPS) is 14.6. The van der Waals surface area contributed by atoms with Crippen molar-refractivity contribution in [3.8, 4) is 0 Å². The molecule has 1 aliphatic heterocycles. The van der Waals surface area contributed by atoms with Crippen LogP contribution in [0.1, 0.15) is 27.0 Å². The number of hydrogen-bond donors (Lipinski definition) is 0. The molecule has 0 saturated carbocycles. The summed E-state index contributed by atoms with van der Waals surface area (Å²) in [6.45, 7) is 4.61. The van der Waals surface area contributed by atoms with Crippen molar-refractivity contribution in [3.63, 3.8) is 0 Å². The van der Waals surface area contributed by atoms with Crippen LogP contribution in [0.3, 0.4) is 0 Å². The fourth-order valence-electron chi connectivity index (χ4n) is 3.29. The van der Waals surface area contributed by atoms with E-state index in [4.69, 9.17) is 0 Å². The summed E-state index contributed by atoms with van der Waals surface area (Å²) in [5.74, 6) is -5.70. The summed E-state index contributed by atoms with van der Waals surface area (Å²) in [5, 5.41) is 0. The monoisotopic (exact) mass is 376 g/mol. The molecule has 1 heterocycles. The molecule has 0 unspecified atom stereocenters. The fraction of sp³-hybridized carbons (Fsp3) is 0.300. The van der Waals surface area contributed by atoms with E-state index < -0.39 is 28.9 Å². The van der Waals surface area contributed by atoms with E-state index >= 15 is 0 Å². The molecule has 3 rings (SSSR count). The van der Waals surface area contributed by atoms with Gasteiger partial charge < -0.3 is 9.80 Å². The number of rotatable bonds is 3. The molecule has 1 saturated heterocycles. The smallest absolute Gasteiger partial charge is 0.257 e. The Kier molecular flexibility index (Phi) is 5.21. The summed E-state index contributed by atoms with van der Waals surface area (Å²) in [4.78, 5) is 27.6. The highest BCUT2D eigenvalue weighted by Crippen LogP contribution is 2.19. The minimum absolute atomic E-state index is 0.188. The quantitative estimate of drug-likeness (QED) is 0.772. The molecule has 0 radical (unpaired) electrons. The Morgan fingerprint density at radius 2 is 1.67 bits per heavy atom. The Morgan fingerprint density at radius 1 is 1.00 bits per heavy atom. The Labute approximate surface area is 155 Å². The molecule has 0 N–H and O–H groups in total. The van der Waals surface area contributed by atoms with E-state index in [1.807, 2.05) is 32.0 Å². The van der Waals surface area contributed by atoms with Gasteiger partial charge in [-0.15, -0.1) is 0 Å². The highest BCUT2D eigenvalue weighted by atomic mass is 19.2. The van der Waals surface area contributed by atoms with Crippen LogP contribution in [0.15, 0.2) is 30.3 Å². The second kappa shape index (κ2) is 7.42. The maximum atomic E-state index is 13.8. The van der Waals surface area contributed by atoms with Crippen LogP contribution >= 0.6 is 0 Å². The molecular formula is C20H19F3N2O2. The molecule has 142 valence electrons. The largest absolute Gasteiger partial charge is 0.335 e. The van der Waals surface area contributed by atoms with Crippen molar-refractivity contribution < 1.29 is 22.8 Å². The van der Waals surface area contributed by atoms with Gasteiger partial charge in [-0.1, -0.05) is 29.3 Å². The van der Waals surface area contributed by atoms with Gasteiger partial charge in [0.05, 0.1) is 5.56 Å². The Balaban J connectivity index is 1.70. The van der Waals surface area contributed by atoms with Crippen molar-refractivity contribution in [1.82, 2.24) is 9.80 Å². The summed E-state index contributed by atoms with van der Waals surface area (Å²) in [7, 11) is 0. The van der Waals surface area contributed by atoms with Crippen LogP contribution in [0.4, 0.5) is 13.2 Å². The maximum absolute atomic E-state index is 13.8. The van der Waals surface area contributed by atoms with Gasteiger partial charge in [0.1, 0.15) is 6.54 Å². The van der Waals surface area contributed by atoms with E-state index in [0.717, 1.165) is 27.7 Å². The second-order valence-electron chi connectivity index (χ2n) is 6.76. The Bertz CT molecular complexity index is 894. The molecular weight excluding hydrogens is 357 g/mol. The molecule has 7 heteroatoms. The van der Waals surface area contributed by atoms with Gasteiger partial charge in [-0.2, -0.15) is 0 Å². The highest BCUT2D eigenvalue weighted by Gasteiger charge is 2.30. The molecule has 1 aliphatic rings. The first kappa shape index (κ1) is 18.9. The van der Waals surface area contributed by atoms with Gasteiger partial charge in [-0.05, 0) is 31.5 Å². The van der Waals surface area contributed by atoms with E-state index in [1.54, 1.807) is 4.90 Å². The summed E-state index contributed by atoms with van der Waals surface area (Å²) in [5.41, 5.74) is 2.61. The van der Waals surface area contributed by atoms with Gasteiger partial charge in [0.15, 0.2) is 17.5 Å². The molecule has 1 fully saturated rings. The van der Waals surface area contributed by atoms with Crippen LogP contribution in [-0.4, -0.2) is 41.2 Å². The molecule has 0 spiro atoms.